The first kappa shape index (κ1) is 14.1. The Morgan fingerprint density at radius 1 is 1.42 bits per heavy atom. The van der Waals surface area contributed by atoms with Crippen molar-refractivity contribution in [2.45, 2.75) is 33.1 Å². The van der Waals surface area contributed by atoms with E-state index in [9.17, 15) is 4.79 Å². The predicted octanol–water partition coefficient (Wildman–Crippen LogP) is 2.37. The zero-order chi connectivity index (χ0) is 13.7. The van der Waals surface area contributed by atoms with Crippen molar-refractivity contribution < 1.29 is 4.79 Å². The second-order valence-corrected chi connectivity index (χ2v) is 5.78. The summed E-state index contributed by atoms with van der Waals surface area (Å²) in [5, 5.41) is 6.52. The van der Waals surface area contributed by atoms with Crippen LogP contribution < -0.4 is 10.6 Å². The van der Waals surface area contributed by atoms with Crippen LogP contribution in [-0.2, 0) is 6.42 Å². The Balaban J connectivity index is 1.97. The second kappa shape index (κ2) is 6.20. The Morgan fingerprint density at radius 2 is 2.21 bits per heavy atom. The van der Waals surface area contributed by atoms with E-state index in [2.05, 4.69) is 24.5 Å². The summed E-state index contributed by atoms with van der Waals surface area (Å²) in [6.45, 7) is 7.16. The molecule has 0 radical (unpaired) electrons. The van der Waals surface area contributed by atoms with Gasteiger partial charge in [-0.05, 0) is 42.9 Å². The van der Waals surface area contributed by atoms with Gasteiger partial charge in [-0.25, -0.2) is 0 Å². The highest BCUT2D eigenvalue weighted by molar-refractivity contribution is 5.95. The molecular weight excluding hydrogens is 236 g/mol. The van der Waals surface area contributed by atoms with Crippen molar-refractivity contribution in [1.82, 2.24) is 10.6 Å². The van der Waals surface area contributed by atoms with E-state index in [0.717, 1.165) is 37.2 Å². The third-order valence-electron chi connectivity index (χ3n) is 4.00. The van der Waals surface area contributed by atoms with Gasteiger partial charge in [0.15, 0.2) is 0 Å². The van der Waals surface area contributed by atoms with Gasteiger partial charge in [0.2, 0.25) is 0 Å². The lowest BCUT2D eigenvalue weighted by molar-refractivity contribution is 0.0924. The highest BCUT2D eigenvalue weighted by Gasteiger charge is 2.27. The van der Waals surface area contributed by atoms with Crippen LogP contribution >= 0.6 is 0 Å². The molecular formula is C16H24N2O. The molecule has 1 unspecified atom stereocenters. The van der Waals surface area contributed by atoms with E-state index >= 15 is 0 Å². The Hall–Kier alpha value is -1.35. The Kier molecular flexibility index (Phi) is 4.59. The molecule has 0 bridgehead atoms. The quantitative estimate of drug-likeness (QED) is 0.872. The summed E-state index contributed by atoms with van der Waals surface area (Å²) in [5.74, 6) is 0.0595. The van der Waals surface area contributed by atoms with Gasteiger partial charge in [-0.1, -0.05) is 32.0 Å². The van der Waals surface area contributed by atoms with Gasteiger partial charge in [0.25, 0.3) is 5.91 Å². The van der Waals surface area contributed by atoms with E-state index < -0.39 is 0 Å². The standard InChI is InChI=1S/C16H24N2O/c1-3-13-7-4-5-8-14(13)15(19)18-12-16(2)9-6-10-17-11-16/h4-5,7-8,17H,3,6,9-12H2,1-2H3,(H,18,19). The van der Waals surface area contributed by atoms with Gasteiger partial charge in [0.1, 0.15) is 0 Å². The Morgan fingerprint density at radius 3 is 2.89 bits per heavy atom. The summed E-state index contributed by atoms with van der Waals surface area (Å²) in [6, 6.07) is 7.86. The minimum atomic E-state index is 0.0595. The number of hydrogen-bond donors (Lipinski definition) is 2. The fourth-order valence-corrected chi connectivity index (χ4v) is 2.71. The monoisotopic (exact) mass is 260 g/mol. The van der Waals surface area contributed by atoms with Crippen molar-refractivity contribution in [3.8, 4) is 0 Å². The summed E-state index contributed by atoms with van der Waals surface area (Å²) in [4.78, 5) is 12.3. The maximum atomic E-state index is 12.3. The molecule has 104 valence electrons. The average Bonchev–Trinajstić information content (AvgIpc) is 2.45. The molecule has 1 aromatic carbocycles. The third kappa shape index (κ3) is 3.57. The van der Waals surface area contributed by atoms with Crippen molar-refractivity contribution in [2.24, 2.45) is 5.41 Å². The number of amides is 1. The molecule has 1 aliphatic rings. The van der Waals surface area contributed by atoms with Gasteiger partial charge in [-0.3, -0.25) is 4.79 Å². The van der Waals surface area contributed by atoms with Crippen molar-refractivity contribution in [3.63, 3.8) is 0 Å². The zero-order valence-corrected chi connectivity index (χ0v) is 12.0. The first-order valence-corrected chi connectivity index (χ1v) is 7.21. The SMILES string of the molecule is CCc1ccccc1C(=O)NCC1(C)CCCNC1. The molecule has 1 atom stereocenters. The molecule has 3 heteroatoms. The van der Waals surface area contributed by atoms with Gasteiger partial charge in [0.05, 0.1) is 0 Å². The smallest absolute Gasteiger partial charge is 0.251 e. The first-order valence-electron chi connectivity index (χ1n) is 7.21. The molecule has 19 heavy (non-hydrogen) atoms. The van der Waals surface area contributed by atoms with E-state index in [-0.39, 0.29) is 11.3 Å². The highest BCUT2D eigenvalue weighted by atomic mass is 16.1. The van der Waals surface area contributed by atoms with Crippen LogP contribution in [0.25, 0.3) is 0 Å². The summed E-state index contributed by atoms with van der Waals surface area (Å²) in [5.41, 5.74) is 2.12. The molecule has 0 saturated carbocycles. The number of aryl methyl sites for hydroxylation is 1. The number of carbonyl (C=O) groups excluding carboxylic acids is 1. The van der Waals surface area contributed by atoms with Gasteiger partial charge < -0.3 is 10.6 Å². The maximum absolute atomic E-state index is 12.3. The average molecular weight is 260 g/mol. The summed E-state index contributed by atoms with van der Waals surface area (Å²) in [6.07, 6.45) is 3.26. The molecule has 3 nitrogen and oxygen atoms in total. The highest BCUT2D eigenvalue weighted by Crippen LogP contribution is 2.24. The fraction of sp³-hybridized carbons (Fsp3) is 0.562. The van der Waals surface area contributed by atoms with Crippen molar-refractivity contribution in [1.29, 1.82) is 0 Å². The van der Waals surface area contributed by atoms with Crippen molar-refractivity contribution in [3.05, 3.63) is 35.4 Å². The second-order valence-electron chi connectivity index (χ2n) is 5.78. The molecule has 0 aromatic heterocycles. The number of hydrogen-bond acceptors (Lipinski definition) is 2. The summed E-state index contributed by atoms with van der Waals surface area (Å²) >= 11 is 0. The van der Waals surface area contributed by atoms with Crippen LogP contribution in [0.4, 0.5) is 0 Å². The lowest BCUT2D eigenvalue weighted by atomic mass is 9.82. The van der Waals surface area contributed by atoms with Crippen LogP contribution in [0.3, 0.4) is 0 Å². The van der Waals surface area contributed by atoms with E-state index in [1.54, 1.807) is 0 Å². The minimum absolute atomic E-state index is 0.0595. The van der Waals surface area contributed by atoms with E-state index in [0.29, 0.717) is 0 Å². The molecule has 2 rings (SSSR count). The van der Waals surface area contributed by atoms with Crippen LogP contribution in [0, 0.1) is 5.41 Å². The number of carbonyl (C=O) groups is 1. The van der Waals surface area contributed by atoms with Gasteiger partial charge >= 0.3 is 0 Å². The molecule has 0 aliphatic carbocycles. The predicted molar refractivity (Wildman–Crippen MR) is 78.4 cm³/mol. The Bertz CT molecular complexity index is 436. The number of rotatable bonds is 4. The Labute approximate surface area is 115 Å². The van der Waals surface area contributed by atoms with E-state index in [1.807, 2.05) is 24.3 Å². The van der Waals surface area contributed by atoms with E-state index in [1.165, 1.54) is 12.8 Å². The molecule has 1 aliphatic heterocycles. The first-order chi connectivity index (χ1) is 9.14. The van der Waals surface area contributed by atoms with Crippen LogP contribution in [0.5, 0.6) is 0 Å². The topological polar surface area (TPSA) is 41.1 Å². The molecule has 1 aromatic rings. The molecule has 1 saturated heterocycles. The largest absolute Gasteiger partial charge is 0.351 e. The van der Waals surface area contributed by atoms with Crippen LogP contribution in [0.15, 0.2) is 24.3 Å². The zero-order valence-electron chi connectivity index (χ0n) is 12.0. The molecule has 2 N–H and O–H groups in total. The van der Waals surface area contributed by atoms with E-state index in [4.69, 9.17) is 0 Å². The summed E-state index contributed by atoms with van der Waals surface area (Å²) in [7, 11) is 0. The van der Waals surface area contributed by atoms with Gasteiger partial charge in [-0.2, -0.15) is 0 Å². The molecule has 0 spiro atoms. The molecule has 1 amide bonds. The lowest BCUT2D eigenvalue weighted by Crippen LogP contribution is -2.45. The van der Waals surface area contributed by atoms with Crippen LogP contribution in [0.2, 0.25) is 0 Å². The number of piperidine rings is 1. The van der Waals surface area contributed by atoms with Gasteiger partial charge in [0, 0.05) is 18.7 Å². The van der Waals surface area contributed by atoms with Crippen LogP contribution in [-0.4, -0.2) is 25.5 Å². The normalized spacial score (nSPS) is 23.1. The third-order valence-corrected chi connectivity index (χ3v) is 4.00. The molecule has 1 fully saturated rings. The van der Waals surface area contributed by atoms with Crippen LogP contribution in [0.1, 0.15) is 42.6 Å². The number of nitrogens with one attached hydrogen (secondary N) is 2. The van der Waals surface area contributed by atoms with Crippen molar-refractivity contribution in [2.75, 3.05) is 19.6 Å². The number of benzene rings is 1. The fourth-order valence-electron chi connectivity index (χ4n) is 2.71. The van der Waals surface area contributed by atoms with Crippen molar-refractivity contribution >= 4 is 5.91 Å². The summed E-state index contributed by atoms with van der Waals surface area (Å²) < 4.78 is 0. The molecule has 1 heterocycles. The van der Waals surface area contributed by atoms with Gasteiger partial charge in [-0.15, -0.1) is 0 Å². The lowest BCUT2D eigenvalue weighted by Gasteiger charge is -2.34. The minimum Gasteiger partial charge on any atom is -0.351 e. The maximum Gasteiger partial charge on any atom is 0.251 e.